The average molecular weight is 207 g/mol. The van der Waals surface area contributed by atoms with Crippen LogP contribution in [0.4, 0.5) is 0 Å². The molecule has 1 aliphatic rings. The van der Waals surface area contributed by atoms with Gasteiger partial charge in [-0.1, -0.05) is 0 Å². The van der Waals surface area contributed by atoms with Crippen LogP contribution in [0.2, 0.25) is 0 Å². The first-order chi connectivity index (χ1) is 5.82. The standard InChI is InChI=1S/C4H9N5O3S/c5-1-2(6)8-4(7)9-3(1)13(10,11)12/h4,9H,5,7H2,(H2,6,8)(H,10,11,12). The van der Waals surface area contributed by atoms with Crippen LogP contribution in [-0.2, 0) is 10.1 Å². The Balaban J connectivity index is 3.24. The number of nitrogens with zero attached hydrogens (tertiary/aromatic N) is 1. The molecule has 0 saturated heterocycles. The van der Waals surface area contributed by atoms with E-state index in [2.05, 4.69) is 10.3 Å². The Morgan fingerprint density at radius 1 is 1.46 bits per heavy atom. The van der Waals surface area contributed by atoms with Crippen LogP contribution in [0, 0.1) is 0 Å². The van der Waals surface area contributed by atoms with Crippen LogP contribution < -0.4 is 22.5 Å². The Morgan fingerprint density at radius 3 is 2.46 bits per heavy atom. The summed E-state index contributed by atoms with van der Waals surface area (Å²) in [6, 6.07) is 0. The topological polar surface area (TPSA) is 157 Å². The normalized spacial score (nSPS) is 23.8. The molecule has 0 aromatic heterocycles. The van der Waals surface area contributed by atoms with E-state index in [1.165, 1.54) is 0 Å². The van der Waals surface area contributed by atoms with Crippen molar-refractivity contribution in [2.45, 2.75) is 6.29 Å². The third kappa shape index (κ3) is 1.88. The van der Waals surface area contributed by atoms with Gasteiger partial charge in [-0.2, -0.15) is 8.42 Å². The van der Waals surface area contributed by atoms with E-state index in [0.29, 0.717) is 0 Å². The molecule has 1 rings (SSSR count). The minimum atomic E-state index is -4.44. The molecule has 0 spiro atoms. The molecule has 1 heterocycles. The first-order valence-corrected chi connectivity index (χ1v) is 4.59. The highest BCUT2D eigenvalue weighted by atomic mass is 32.2. The van der Waals surface area contributed by atoms with E-state index in [4.69, 9.17) is 21.8 Å². The first kappa shape index (κ1) is 9.77. The summed E-state index contributed by atoms with van der Waals surface area (Å²) in [5.41, 5.74) is 15.4. The Kier molecular flexibility index (Phi) is 2.15. The second-order valence-electron chi connectivity index (χ2n) is 2.32. The molecule has 0 saturated carbocycles. The summed E-state index contributed by atoms with van der Waals surface area (Å²) in [6.07, 6.45) is -1.02. The minimum absolute atomic E-state index is 0.223. The molecule has 0 aromatic carbocycles. The van der Waals surface area contributed by atoms with Gasteiger partial charge < -0.3 is 16.8 Å². The van der Waals surface area contributed by atoms with Crippen molar-refractivity contribution in [3.8, 4) is 0 Å². The van der Waals surface area contributed by atoms with E-state index in [0.717, 1.165) is 0 Å². The van der Waals surface area contributed by atoms with Crippen LogP contribution in [0.1, 0.15) is 0 Å². The molecule has 1 aliphatic heterocycles. The van der Waals surface area contributed by atoms with E-state index in [-0.39, 0.29) is 11.5 Å². The fourth-order valence-corrected chi connectivity index (χ4v) is 1.45. The predicted octanol–water partition coefficient (Wildman–Crippen LogP) is -2.80. The molecule has 0 aromatic rings. The summed E-state index contributed by atoms with van der Waals surface area (Å²) in [5.74, 6) is -0.223. The van der Waals surface area contributed by atoms with Gasteiger partial charge in [-0.3, -0.25) is 10.3 Å². The van der Waals surface area contributed by atoms with Gasteiger partial charge in [-0.05, 0) is 0 Å². The van der Waals surface area contributed by atoms with E-state index < -0.39 is 21.4 Å². The molecule has 8 N–H and O–H groups in total. The number of nitrogens with two attached hydrogens (primary N) is 3. The molecule has 1 atom stereocenters. The van der Waals surface area contributed by atoms with E-state index in [9.17, 15) is 8.42 Å². The molecule has 0 fully saturated rings. The second kappa shape index (κ2) is 2.87. The number of nitrogens with one attached hydrogen (secondary N) is 1. The molecule has 0 amide bonds. The lowest BCUT2D eigenvalue weighted by molar-refractivity contribution is 0.479. The second-order valence-corrected chi connectivity index (χ2v) is 3.68. The lowest BCUT2D eigenvalue weighted by Crippen LogP contribution is -2.46. The highest BCUT2D eigenvalue weighted by Crippen LogP contribution is 2.08. The smallest absolute Gasteiger partial charge is 0.312 e. The van der Waals surface area contributed by atoms with E-state index in [1.807, 2.05) is 0 Å². The fourth-order valence-electron chi connectivity index (χ4n) is 0.793. The molecule has 0 bridgehead atoms. The molecule has 74 valence electrons. The largest absolute Gasteiger partial charge is 0.393 e. The highest BCUT2D eigenvalue weighted by molar-refractivity contribution is 7.89. The van der Waals surface area contributed by atoms with Gasteiger partial charge in [0.05, 0.1) is 0 Å². The average Bonchev–Trinajstić information content (AvgIpc) is 1.94. The van der Waals surface area contributed by atoms with Gasteiger partial charge in [0.25, 0.3) is 0 Å². The van der Waals surface area contributed by atoms with Gasteiger partial charge in [0, 0.05) is 0 Å². The number of aliphatic imine (C=N–C) groups is 1. The number of hydrogen-bond donors (Lipinski definition) is 5. The van der Waals surface area contributed by atoms with Crippen LogP contribution in [0.15, 0.2) is 15.7 Å². The van der Waals surface area contributed by atoms with Crippen molar-refractivity contribution < 1.29 is 13.0 Å². The van der Waals surface area contributed by atoms with Crippen molar-refractivity contribution in [1.29, 1.82) is 0 Å². The quantitative estimate of drug-likeness (QED) is 0.291. The van der Waals surface area contributed by atoms with Gasteiger partial charge in [-0.25, -0.2) is 4.99 Å². The van der Waals surface area contributed by atoms with Crippen molar-refractivity contribution in [3.05, 3.63) is 10.7 Å². The Labute approximate surface area is 74.2 Å². The van der Waals surface area contributed by atoms with Crippen molar-refractivity contribution in [2.24, 2.45) is 22.2 Å². The zero-order valence-electron chi connectivity index (χ0n) is 6.43. The zero-order chi connectivity index (χ0) is 10.2. The summed E-state index contributed by atoms with van der Waals surface area (Å²) in [4.78, 5) is 3.53. The van der Waals surface area contributed by atoms with Crippen LogP contribution in [0.3, 0.4) is 0 Å². The van der Waals surface area contributed by atoms with Crippen LogP contribution in [0.25, 0.3) is 0 Å². The summed E-state index contributed by atoms with van der Waals surface area (Å²) in [6.45, 7) is 0. The van der Waals surface area contributed by atoms with Gasteiger partial charge in [0.2, 0.25) is 0 Å². The van der Waals surface area contributed by atoms with Crippen molar-refractivity contribution >= 4 is 16.0 Å². The number of hydrogen-bond acceptors (Lipinski definition) is 7. The SMILES string of the molecule is NC1=NC(N)NC(S(=O)(=O)O)=C1N. The maximum Gasteiger partial charge on any atom is 0.312 e. The first-order valence-electron chi connectivity index (χ1n) is 3.15. The number of amidine groups is 1. The molecule has 8 nitrogen and oxygen atoms in total. The summed E-state index contributed by atoms with van der Waals surface area (Å²) in [5, 5.41) is 1.55. The van der Waals surface area contributed by atoms with Crippen LogP contribution in [-0.4, -0.2) is 25.1 Å². The Morgan fingerprint density at radius 2 is 2.00 bits per heavy atom. The lowest BCUT2D eigenvalue weighted by atomic mass is 10.4. The minimum Gasteiger partial charge on any atom is -0.393 e. The number of rotatable bonds is 1. The molecule has 9 heteroatoms. The molecular formula is C4H9N5O3S. The Bertz CT molecular complexity index is 383. The van der Waals surface area contributed by atoms with Gasteiger partial charge >= 0.3 is 10.1 Å². The molecule has 1 unspecified atom stereocenters. The monoisotopic (exact) mass is 207 g/mol. The van der Waals surface area contributed by atoms with E-state index >= 15 is 0 Å². The zero-order valence-corrected chi connectivity index (χ0v) is 7.25. The lowest BCUT2D eigenvalue weighted by Gasteiger charge is -2.19. The maximum atomic E-state index is 10.7. The van der Waals surface area contributed by atoms with Gasteiger partial charge in [0.15, 0.2) is 11.3 Å². The summed E-state index contributed by atoms with van der Waals surface area (Å²) < 4.78 is 30.0. The summed E-state index contributed by atoms with van der Waals surface area (Å²) >= 11 is 0. The van der Waals surface area contributed by atoms with Crippen molar-refractivity contribution in [1.82, 2.24) is 5.32 Å². The van der Waals surface area contributed by atoms with Gasteiger partial charge in [-0.15, -0.1) is 0 Å². The molecular weight excluding hydrogens is 198 g/mol. The Hall–Kier alpha value is -1.32. The highest BCUT2D eigenvalue weighted by Gasteiger charge is 2.25. The fraction of sp³-hybridized carbons (Fsp3) is 0.250. The van der Waals surface area contributed by atoms with Crippen LogP contribution in [0.5, 0.6) is 0 Å². The molecule has 0 aliphatic carbocycles. The maximum absolute atomic E-state index is 10.7. The third-order valence-corrected chi connectivity index (χ3v) is 2.19. The molecule has 13 heavy (non-hydrogen) atoms. The van der Waals surface area contributed by atoms with Crippen molar-refractivity contribution in [2.75, 3.05) is 0 Å². The summed E-state index contributed by atoms with van der Waals surface area (Å²) in [7, 11) is -4.44. The van der Waals surface area contributed by atoms with Crippen molar-refractivity contribution in [3.63, 3.8) is 0 Å². The third-order valence-electron chi connectivity index (χ3n) is 1.34. The van der Waals surface area contributed by atoms with E-state index in [1.54, 1.807) is 0 Å². The van der Waals surface area contributed by atoms with Crippen LogP contribution >= 0.6 is 0 Å². The molecule has 0 radical (unpaired) electrons. The predicted molar refractivity (Wildman–Crippen MR) is 45.5 cm³/mol. The van der Waals surface area contributed by atoms with Gasteiger partial charge in [0.1, 0.15) is 11.5 Å².